The largest absolute Gasteiger partial charge is 0.463 e. The number of hydrogen-bond acceptors (Lipinski definition) is 6. The van der Waals surface area contributed by atoms with Crippen LogP contribution in [0.4, 0.5) is 5.95 Å². The summed E-state index contributed by atoms with van der Waals surface area (Å²) in [6, 6.07) is 1.62. The standard InChI is InChI=1S/C8H9N5O3/c1-2-15-8-10-7(11-12-8)9-6(14)5-3-4-16-13-5/h3-4H,2H2,1H3,(H2,9,10,11,12,14). The van der Waals surface area contributed by atoms with Crippen LogP contribution in [0.15, 0.2) is 16.9 Å². The number of amides is 1. The minimum Gasteiger partial charge on any atom is -0.463 e. The molecule has 2 N–H and O–H groups in total. The molecule has 8 nitrogen and oxygen atoms in total. The van der Waals surface area contributed by atoms with Crippen molar-refractivity contribution in [2.45, 2.75) is 6.92 Å². The molecule has 0 bridgehead atoms. The molecule has 0 saturated heterocycles. The summed E-state index contributed by atoms with van der Waals surface area (Å²) < 4.78 is 9.56. The van der Waals surface area contributed by atoms with Gasteiger partial charge in [0.25, 0.3) is 5.91 Å². The van der Waals surface area contributed by atoms with Crippen LogP contribution in [0.5, 0.6) is 6.01 Å². The summed E-state index contributed by atoms with van der Waals surface area (Å²) >= 11 is 0. The Hall–Kier alpha value is -2.38. The van der Waals surface area contributed by atoms with Gasteiger partial charge >= 0.3 is 6.01 Å². The van der Waals surface area contributed by atoms with Crippen molar-refractivity contribution in [1.82, 2.24) is 20.3 Å². The molecule has 16 heavy (non-hydrogen) atoms. The number of nitrogens with zero attached hydrogens (tertiary/aromatic N) is 3. The van der Waals surface area contributed by atoms with E-state index in [4.69, 9.17) is 4.74 Å². The predicted octanol–water partition coefficient (Wildman–Crippen LogP) is 0.444. The van der Waals surface area contributed by atoms with E-state index in [0.717, 1.165) is 0 Å². The molecule has 0 radical (unpaired) electrons. The Morgan fingerprint density at radius 1 is 1.69 bits per heavy atom. The lowest BCUT2D eigenvalue weighted by Gasteiger charge is -1.95. The van der Waals surface area contributed by atoms with E-state index in [1.807, 2.05) is 6.92 Å². The molecule has 2 rings (SSSR count). The fraction of sp³-hybridized carbons (Fsp3) is 0.250. The molecule has 0 aliphatic heterocycles. The second-order valence-corrected chi connectivity index (χ2v) is 2.74. The summed E-state index contributed by atoms with van der Waals surface area (Å²) in [7, 11) is 0. The third kappa shape index (κ3) is 2.16. The van der Waals surface area contributed by atoms with Crippen molar-refractivity contribution < 1.29 is 14.1 Å². The third-order valence-corrected chi connectivity index (χ3v) is 1.64. The quantitative estimate of drug-likeness (QED) is 0.779. The molecule has 1 amide bonds. The fourth-order valence-electron chi connectivity index (χ4n) is 0.997. The van der Waals surface area contributed by atoms with E-state index in [9.17, 15) is 4.79 Å². The Kier molecular flexibility index (Phi) is 2.81. The summed E-state index contributed by atoms with van der Waals surface area (Å²) in [6.07, 6.45) is 1.31. The molecular weight excluding hydrogens is 214 g/mol. The predicted molar refractivity (Wildman–Crippen MR) is 52.0 cm³/mol. The van der Waals surface area contributed by atoms with E-state index in [-0.39, 0.29) is 17.7 Å². The zero-order valence-corrected chi connectivity index (χ0v) is 8.43. The Balaban J connectivity index is 2.01. The fourth-order valence-corrected chi connectivity index (χ4v) is 0.997. The summed E-state index contributed by atoms with van der Waals surface area (Å²) in [5, 5.41) is 12.2. The molecule has 2 aromatic heterocycles. The highest BCUT2D eigenvalue weighted by Gasteiger charge is 2.11. The highest BCUT2D eigenvalue weighted by molar-refractivity contribution is 6.01. The van der Waals surface area contributed by atoms with E-state index < -0.39 is 5.91 Å². The van der Waals surface area contributed by atoms with Crippen LogP contribution in [-0.2, 0) is 0 Å². The van der Waals surface area contributed by atoms with Gasteiger partial charge < -0.3 is 9.26 Å². The first-order chi connectivity index (χ1) is 7.79. The number of anilines is 1. The molecule has 0 aromatic carbocycles. The SMILES string of the molecule is CCOc1n[nH]c(NC(=O)c2ccon2)n1. The van der Waals surface area contributed by atoms with Crippen LogP contribution in [0, 0.1) is 0 Å². The molecular formula is C8H9N5O3. The van der Waals surface area contributed by atoms with Gasteiger partial charge in [0.15, 0.2) is 5.69 Å². The highest BCUT2D eigenvalue weighted by Crippen LogP contribution is 2.06. The minimum atomic E-state index is -0.437. The number of nitrogens with one attached hydrogen (secondary N) is 2. The Labute approximate surface area is 90.0 Å². The number of hydrogen-bond donors (Lipinski definition) is 2. The van der Waals surface area contributed by atoms with Crippen LogP contribution >= 0.6 is 0 Å². The molecule has 0 atom stereocenters. The topological polar surface area (TPSA) is 106 Å². The average Bonchev–Trinajstić information content (AvgIpc) is 2.89. The van der Waals surface area contributed by atoms with Crippen LogP contribution < -0.4 is 10.1 Å². The molecule has 8 heteroatoms. The number of ether oxygens (including phenoxy) is 1. The molecule has 0 unspecified atom stereocenters. The van der Waals surface area contributed by atoms with Crippen molar-refractivity contribution in [3.63, 3.8) is 0 Å². The van der Waals surface area contributed by atoms with Gasteiger partial charge in [-0.25, -0.2) is 5.10 Å². The van der Waals surface area contributed by atoms with Crippen LogP contribution in [0.25, 0.3) is 0 Å². The molecule has 2 heterocycles. The minimum absolute atomic E-state index is 0.161. The molecule has 0 saturated carbocycles. The van der Waals surface area contributed by atoms with Crippen molar-refractivity contribution in [2.24, 2.45) is 0 Å². The summed E-state index contributed by atoms with van der Waals surface area (Å²) in [5.41, 5.74) is 0.161. The second-order valence-electron chi connectivity index (χ2n) is 2.74. The zero-order chi connectivity index (χ0) is 11.4. The lowest BCUT2D eigenvalue weighted by molar-refractivity contribution is 0.101. The van der Waals surface area contributed by atoms with Crippen molar-refractivity contribution in [2.75, 3.05) is 11.9 Å². The smallest absolute Gasteiger partial charge is 0.337 e. The maximum absolute atomic E-state index is 11.5. The van der Waals surface area contributed by atoms with E-state index in [2.05, 4.69) is 30.2 Å². The van der Waals surface area contributed by atoms with Crippen molar-refractivity contribution in [3.05, 3.63) is 18.0 Å². The maximum Gasteiger partial charge on any atom is 0.337 e. The van der Waals surface area contributed by atoms with Gasteiger partial charge in [-0.3, -0.25) is 10.1 Å². The van der Waals surface area contributed by atoms with Crippen LogP contribution in [0.2, 0.25) is 0 Å². The summed E-state index contributed by atoms with van der Waals surface area (Å²) in [4.78, 5) is 15.4. The first-order valence-corrected chi connectivity index (χ1v) is 4.56. The van der Waals surface area contributed by atoms with Gasteiger partial charge in [-0.15, -0.1) is 5.10 Å². The van der Waals surface area contributed by atoms with Crippen LogP contribution in [0.1, 0.15) is 17.4 Å². The van der Waals surface area contributed by atoms with E-state index >= 15 is 0 Å². The Morgan fingerprint density at radius 2 is 2.56 bits per heavy atom. The van der Waals surface area contributed by atoms with Crippen LogP contribution in [0.3, 0.4) is 0 Å². The lowest BCUT2D eigenvalue weighted by Crippen LogP contribution is -2.13. The van der Waals surface area contributed by atoms with Gasteiger partial charge in [-0.2, -0.15) is 4.98 Å². The monoisotopic (exact) mass is 223 g/mol. The Bertz CT molecular complexity index is 464. The first kappa shape index (κ1) is 10.1. The second kappa shape index (κ2) is 4.43. The third-order valence-electron chi connectivity index (χ3n) is 1.64. The number of rotatable bonds is 4. The Morgan fingerprint density at radius 3 is 3.25 bits per heavy atom. The van der Waals surface area contributed by atoms with Gasteiger partial charge in [0, 0.05) is 6.07 Å². The van der Waals surface area contributed by atoms with Gasteiger partial charge in [0.2, 0.25) is 5.95 Å². The lowest BCUT2D eigenvalue weighted by atomic mass is 10.4. The van der Waals surface area contributed by atoms with Crippen molar-refractivity contribution in [1.29, 1.82) is 0 Å². The number of H-pyrrole nitrogens is 1. The zero-order valence-electron chi connectivity index (χ0n) is 8.43. The molecule has 0 spiro atoms. The average molecular weight is 223 g/mol. The molecule has 84 valence electrons. The number of aromatic amines is 1. The highest BCUT2D eigenvalue weighted by atomic mass is 16.5. The number of carbonyl (C=O) groups excluding carboxylic acids is 1. The first-order valence-electron chi connectivity index (χ1n) is 4.56. The molecule has 0 aliphatic carbocycles. The van der Waals surface area contributed by atoms with E-state index in [1.165, 1.54) is 12.3 Å². The van der Waals surface area contributed by atoms with Crippen molar-refractivity contribution >= 4 is 11.9 Å². The maximum atomic E-state index is 11.5. The summed E-state index contributed by atoms with van der Waals surface area (Å²) in [5.74, 6) is -0.246. The van der Waals surface area contributed by atoms with Crippen LogP contribution in [-0.4, -0.2) is 32.9 Å². The number of carbonyl (C=O) groups is 1. The van der Waals surface area contributed by atoms with E-state index in [1.54, 1.807) is 0 Å². The normalized spacial score (nSPS) is 10.1. The van der Waals surface area contributed by atoms with Gasteiger partial charge in [-0.05, 0) is 6.92 Å². The van der Waals surface area contributed by atoms with E-state index in [0.29, 0.717) is 6.61 Å². The number of aromatic nitrogens is 4. The molecule has 2 aromatic rings. The van der Waals surface area contributed by atoms with Gasteiger partial charge in [0.05, 0.1) is 6.61 Å². The van der Waals surface area contributed by atoms with Crippen molar-refractivity contribution in [3.8, 4) is 6.01 Å². The summed E-state index contributed by atoms with van der Waals surface area (Å²) in [6.45, 7) is 2.26. The molecule has 0 aliphatic rings. The molecule has 0 fully saturated rings. The van der Waals surface area contributed by atoms with Gasteiger partial charge in [-0.1, -0.05) is 5.16 Å². The van der Waals surface area contributed by atoms with Gasteiger partial charge in [0.1, 0.15) is 6.26 Å².